The smallest absolute Gasteiger partial charge is 0.248 e. The van der Waals surface area contributed by atoms with Gasteiger partial charge in [0.15, 0.2) is 6.29 Å². The van der Waals surface area contributed by atoms with Crippen LogP contribution in [-0.4, -0.2) is 206 Å². The standard InChI is InChI=1S/C44H76N10O16/c1-20(2)18-27(38(63)48-26(37(46)62)12-8-9-15-45)49-39(64)29-14-11-17-54(29)43(68)32(22(4)57)51-42(67)33(23(5)69-44-34(47-24(6)58)36(61)35(60)30(19-55)70-44)52-41(66)31(21(3)56)50-40(65)28-13-10-16-53(28)25(7)59/h20-23,26-36,44,55-57,60-61H,8-19,45H2,1-7H3,(H2,46,62)(H,47,58)(H,48,63)(H,49,64)(H,50,65)(H,51,67)(H,52,66)/t21-,22-,23-,26+,27+,28+,29+,30-,31+,32+,33+,34-,35+,36-,44+/m1/s1. The van der Waals surface area contributed by atoms with Gasteiger partial charge in [0.25, 0.3) is 0 Å². The SMILES string of the molecule is CC(=O)N[C@H]1[C@@H](O[C@H](C)[C@H](NC(=O)[C@@H](NC(=O)[C@@H]2CCCN2C(C)=O)[C@@H](C)O)C(=O)N[C@H](C(=O)N2CCC[C@H]2C(=O)N[C@@H](CC(C)C)C(=O)N[C@@H](CCCCN)C(N)=O)[C@@H](C)O)O[C@H](CO)[C@H](O)[C@@H]1O. The van der Waals surface area contributed by atoms with Crippen LogP contribution in [-0.2, 0) is 52.6 Å². The van der Waals surface area contributed by atoms with E-state index in [4.69, 9.17) is 20.9 Å². The van der Waals surface area contributed by atoms with Crippen molar-refractivity contribution >= 4 is 53.2 Å². The minimum absolute atomic E-state index is 0.0246. The first-order valence-corrected chi connectivity index (χ1v) is 23.8. The molecule has 0 unspecified atom stereocenters. The Morgan fingerprint density at radius 1 is 0.714 bits per heavy atom. The molecule has 70 heavy (non-hydrogen) atoms. The van der Waals surface area contributed by atoms with Gasteiger partial charge < -0.3 is 88.2 Å². The van der Waals surface area contributed by atoms with Gasteiger partial charge in [-0.25, -0.2) is 0 Å². The predicted octanol–water partition coefficient (Wildman–Crippen LogP) is -5.82. The van der Waals surface area contributed by atoms with Gasteiger partial charge in [0, 0.05) is 26.9 Å². The van der Waals surface area contributed by atoms with Gasteiger partial charge in [-0.1, -0.05) is 13.8 Å². The fourth-order valence-electron chi connectivity index (χ4n) is 8.72. The molecule has 3 heterocycles. The monoisotopic (exact) mass is 1000 g/mol. The topological polar surface area (TPSA) is 404 Å². The van der Waals surface area contributed by atoms with E-state index in [2.05, 4.69) is 31.9 Å². The lowest BCUT2D eigenvalue weighted by Crippen LogP contribution is -2.67. The Morgan fingerprint density at radius 2 is 1.27 bits per heavy atom. The van der Waals surface area contributed by atoms with Crippen LogP contribution in [0, 0.1) is 5.92 Å². The molecule has 3 rings (SSSR count). The van der Waals surface area contributed by atoms with Crippen molar-refractivity contribution in [2.75, 3.05) is 26.2 Å². The second-order valence-electron chi connectivity index (χ2n) is 18.7. The van der Waals surface area contributed by atoms with Crippen molar-refractivity contribution in [3.05, 3.63) is 0 Å². The molecule has 15 N–H and O–H groups in total. The third-order valence-electron chi connectivity index (χ3n) is 12.5. The first-order chi connectivity index (χ1) is 32.8. The Bertz CT molecular complexity index is 1840. The fourth-order valence-corrected chi connectivity index (χ4v) is 8.72. The number of carbonyl (C=O) groups excluding carboxylic acids is 9. The van der Waals surface area contributed by atoms with Crippen LogP contribution >= 0.6 is 0 Å². The molecule has 26 nitrogen and oxygen atoms in total. The van der Waals surface area contributed by atoms with E-state index in [1.54, 1.807) is 0 Å². The van der Waals surface area contributed by atoms with Crippen molar-refractivity contribution in [2.24, 2.45) is 17.4 Å². The number of aliphatic hydroxyl groups excluding tert-OH is 5. The zero-order chi connectivity index (χ0) is 52.7. The van der Waals surface area contributed by atoms with Gasteiger partial charge >= 0.3 is 0 Å². The van der Waals surface area contributed by atoms with Crippen molar-refractivity contribution in [1.82, 2.24) is 41.7 Å². The summed E-state index contributed by atoms with van der Waals surface area (Å²) in [5, 5.41) is 68.1. The maximum atomic E-state index is 14.5. The summed E-state index contributed by atoms with van der Waals surface area (Å²) in [5.74, 6) is -7.50. The number of nitrogens with zero attached hydrogens (tertiary/aromatic N) is 2. The Kier molecular flexibility index (Phi) is 23.3. The first-order valence-electron chi connectivity index (χ1n) is 23.8. The highest BCUT2D eigenvalue weighted by Crippen LogP contribution is 2.25. The molecule has 3 aliphatic heterocycles. The number of nitrogens with one attached hydrogen (secondary N) is 6. The van der Waals surface area contributed by atoms with Crippen LogP contribution in [0.15, 0.2) is 0 Å². The van der Waals surface area contributed by atoms with Crippen LogP contribution < -0.4 is 43.4 Å². The summed E-state index contributed by atoms with van der Waals surface area (Å²) in [5.41, 5.74) is 11.1. The number of carbonyl (C=O) groups is 9. The predicted molar refractivity (Wildman–Crippen MR) is 246 cm³/mol. The molecule has 0 aromatic carbocycles. The fraction of sp³-hybridized carbons (Fsp3) is 0.795. The van der Waals surface area contributed by atoms with Crippen LogP contribution in [0.4, 0.5) is 0 Å². The lowest BCUT2D eigenvalue weighted by molar-refractivity contribution is -0.281. The second-order valence-corrected chi connectivity index (χ2v) is 18.7. The summed E-state index contributed by atoms with van der Waals surface area (Å²) >= 11 is 0. The molecule has 0 bridgehead atoms. The van der Waals surface area contributed by atoms with Gasteiger partial charge in [0.2, 0.25) is 53.2 Å². The first kappa shape index (κ1) is 59.2. The van der Waals surface area contributed by atoms with Crippen molar-refractivity contribution in [1.29, 1.82) is 0 Å². The molecule has 0 aliphatic carbocycles. The lowest BCUT2D eigenvalue weighted by atomic mass is 9.96. The Morgan fingerprint density at radius 3 is 1.80 bits per heavy atom. The number of aliphatic hydroxyl groups is 5. The average Bonchev–Trinajstić information content (AvgIpc) is 3.99. The molecular weight excluding hydrogens is 925 g/mol. The zero-order valence-corrected chi connectivity index (χ0v) is 41.0. The van der Waals surface area contributed by atoms with Crippen LogP contribution in [0.5, 0.6) is 0 Å². The van der Waals surface area contributed by atoms with E-state index in [1.165, 1.54) is 32.6 Å². The molecular formula is C44H76N10O16. The Labute approximate surface area is 407 Å². The van der Waals surface area contributed by atoms with Crippen molar-refractivity contribution in [2.45, 2.75) is 191 Å². The lowest BCUT2D eigenvalue weighted by Gasteiger charge is -2.43. The molecule has 0 radical (unpaired) electrons. The third kappa shape index (κ3) is 16.2. The highest BCUT2D eigenvalue weighted by atomic mass is 16.7. The number of nitrogens with two attached hydrogens (primary N) is 2. The molecule has 3 fully saturated rings. The number of primary amides is 1. The number of amides is 9. The van der Waals surface area contributed by atoms with E-state index < -0.39 is 151 Å². The second kappa shape index (κ2) is 27.5. The molecule has 0 spiro atoms. The van der Waals surface area contributed by atoms with E-state index in [9.17, 15) is 68.7 Å². The quantitative estimate of drug-likeness (QED) is 0.0379. The Balaban J connectivity index is 1.95. The summed E-state index contributed by atoms with van der Waals surface area (Å²) < 4.78 is 11.7. The highest BCUT2D eigenvalue weighted by Gasteiger charge is 2.48. The minimum Gasteiger partial charge on any atom is -0.394 e. The van der Waals surface area contributed by atoms with Crippen molar-refractivity contribution in [3.8, 4) is 0 Å². The maximum Gasteiger partial charge on any atom is 0.248 e. The number of rotatable bonds is 25. The molecule has 0 saturated carbocycles. The van der Waals surface area contributed by atoms with Crippen LogP contribution in [0.3, 0.4) is 0 Å². The van der Waals surface area contributed by atoms with Gasteiger partial charge in [-0.3, -0.25) is 43.2 Å². The van der Waals surface area contributed by atoms with Gasteiger partial charge in [-0.2, -0.15) is 0 Å². The number of unbranched alkanes of at least 4 members (excludes halogenated alkanes) is 1. The summed E-state index contributed by atoms with van der Waals surface area (Å²) in [4.78, 5) is 123. The number of likely N-dealkylation sites (tertiary alicyclic amines) is 2. The number of ether oxygens (including phenoxy) is 2. The van der Waals surface area contributed by atoms with E-state index >= 15 is 0 Å². The molecule has 9 amide bonds. The van der Waals surface area contributed by atoms with E-state index in [0.717, 1.165) is 11.8 Å². The summed E-state index contributed by atoms with van der Waals surface area (Å²) in [7, 11) is 0. The highest BCUT2D eigenvalue weighted by molar-refractivity contribution is 5.98. The third-order valence-corrected chi connectivity index (χ3v) is 12.5. The van der Waals surface area contributed by atoms with Gasteiger partial charge in [0.05, 0.1) is 24.9 Å². The summed E-state index contributed by atoms with van der Waals surface area (Å²) in [6.07, 6.45) is -8.94. The average molecular weight is 1000 g/mol. The largest absolute Gasteiger partial charge is 0.394 e. The molecule has 0 aromatic heterocycles. The van der Waals surface area contributed by atoms with Crippen molar-refractivity contribution < 1.29 is 78.2 Å². The normalized spacial score (nSPS) is 25.8. The van der Waals surface area contributed by atoms with Crippen LogP contribution in [0.25, 0.3) is 0 Å². The summed E-state index contributed by atoms with van der Waals surface area (Å²) in [6, 6.07) is -11.4. The molecule has 3 saturated heterocycles. The van der Waals surface area contributed by atoms with Gasteiger partial charge in [-0.15, -0.1) is 0 Å². The molecule has 3 aliphatic rings. The van der Waals surface area contributed by atoms with E-state index in [1.807, 2.05) is 13.8 Å². The van der Waals surface area contributed by atoms with Crippen LogP contribution in [0.1, 0.15) is 99.8 Å². The molecule has 0 aromatic rings. The molecule has 398 valence electrons. The van der Waals surface area contributed by atoms with E-state index in [0.29, 0.717) is 32.2 Å². The summed E-state index contributed by atoms with van der Waals surface area (Å²) in [6.45, 7) is 9.36. The number of hydrogen-bond donors (Lipinski definition) is 13. The Hall–Kier alpha value is -5.09. The zero-order valence-electron chi connectivity index (χ0n) is 41.0. The van der Waals surface area contributed by atoms with Crippen LogP contribution in [0.2, 0.25) is 0 Å². The molecule has 15 atom stereocenters. The van der Waals surface area contributed by atoms with Gasteiger partial charge in [-0.05, 0) is 84.6 Å². The van der Waals surface area contributed by atoms with Gasteiger partial charge in [0.1, 0.15) is 66.6 Å². The van der Waals surface area contributed by atoms with E-state index in [-0.39, 0.29) is 44.7 Å². The maximum absolute atomic E-state index is 14.5. The number of hydrogen-bond acceptors (Lipinski definition) is 17. The minimum atomic E-state index is -1.93. The molecule has 26 heteroatoms. The van der Waals surface area contributed by atoms with Crippen molar-refractivity contribution in [3.63, 3.8) is 0 Å².